The minimum Gasteiger partial charge on any atom is -0.0616 e. The highest BCUT2D eigenvalue weighted by Crippen LogP contribution is 2.48. The minimum atomic E-state index is 1.20. The number of hydrogen-bond acceptors (Lipinski definition) is 0. The molecular formula is C70H42. The molecule has 15 aromatic carbocycles. The monoisotopic (exact) mass is 882 g/mol. The summed E-state index contributed by atoms with van der Waals surface area (Å²) in [4.78, 5) is 0. The average molecular weight is 883 g/mol. The van der Waals surface area contributed by atoms with Gasteiger partial charge in [0.05, 0.1) is 0 Å². The summed E-state index contributed by atoms with van der Waals surface area (Å²) < 4.78 is 0. The molecule has 0 saturated heterocycles. The second-order valence-electron chi connectivity index (χ2n) is 19.1. The molecule has 0 aromatic heterocycles. The minimum absolute atomic E-state index is 1.20. The first-order valence-corrected chi connectivity index (χ1v) is 24.4. The van der Waals surface area contributed by atoms with E-state index in [1.165, 1.54) is 153 Å². The highest BCUT2D eigenvalue weighted by Gasteiger charge is 2.21. The second-order valence-corrected chi connectivity index (χ2v) is 19.1. The summed E-state index contributed by atoms with van der Waals surface area (Å²) in [5.74, 6) is 0. The van der Waals surface area contributed by atoms with Crippen molar-refractivity contribution in [2.24, 2.45) is 0 Å². The maximum absolute atomic E-state index is 2.49. The van der Waals surface area contributed by atoms with Crippen LogP contribution in [-0.4, -0.2) is 0 Å². The lowest BCUT2D eigenvalue weighted by atomic mass is 9.83. The summed E-state index contributed by atoms with van der Waals surface area (Å²) in [6.45, 7) is 0. The third-order valence-corrected chi connectivity index (χ3v) is 15.3. The van der Waals surface area contributed by atoms with E-state index in [4.69, 9.17) is 0 Å². The normalized spacial score (nSPS) is 12.0. The Hall–Kier alpha value is -9.10. The molecule has 0 spiro atoms. The third-order valence-electron chi connectivity index (χ3n) is 15.3. The van der Waals surface area contributed by atoms with Crippen LogP contribution in [0.5, 0.6) is 0 Å². The van der Waals surface area contributed by atoms with Gasteiger partial charge in [0.15, 0.2) is 0 Å². The van der Waals surface area contributed by atoms with Gasteiger partial charge in [-0.1, -0.05) is 224 Å². The van der Waals surface area contributed by atoms with Gasteiger partial charge in [-0.25, -0.2) is 0 Å². The van der Waals surface area contributed by atoms with Crippen molar-refractivity contribution in [3.63, 3.8) is 0 Å². The molecule has 0 heterocycles. The fourth-order valence-corrected chi connectivity index (χ4v) is 12.2. The summed E-state index contributed by atoms with van der Waals surface area (Å²) in [7, 11) is 0. The van der Waals surface area contributed by atoms with Crippen LogP contribution in [0.25, 0.3) is 153 Å². The Bertz CT molecular complexity index is 4630. The standard InChI is InChI=1S/C70H42/c1-3-22-53-48(14-1)40-64(58-26-7-5-24-56(53)58)46-18-12-20-51(38-46)68-60-28-9-10-29-61(60)69(52-21-13-19-47(39-52)65-41-49-15-2-4-23-54(49)57-25-6-8-27-59(57)65)66-42-50(34-37-63(66)68)55-35-32-45-31-30-43-16-11-17-44-33-36-62(55)70(45)67(43)44/h1-42H. The Morgan fingerprint density at radius 3 is 1.13 bits per heavy atom. The van der Waals surface area contributed by atoms with Gasteiger partial charge in [0.1, 0.15) is 0 Å². The predicted octanol–water partition coefficient (Wildman–Crippen LogP) is 19.8. The maximum Gasteiger partial charge on any atom is -0.00206 e. The smallest absolute Gasteiger partial charge is 0.00206 e. The molecule has 0 nitrogen and oxygen atoms in total. The van der Waals surface area contributed by atoms with E-state index in [1.54, 1.807) is 0 Å². The molecule has 0 saturated carbocycles. The molecule has 70 heavy (non-hydrogen) atoms. The number of rotatable bonds is 5. The zero-order valence-corrected chi connectivity index (χ0v) is 38.2. The van der Waals surface area contributed by atoms with E-state index >= 15 is 0 Å². The molecule has 15 aromatic rings. The van der Waals surface area contributed by atoms with Crippen LogP contribution < -0.4 is 0 Å². The van der Waals surface area contributed by atoms with Gasteiger partial charge in [-0.2, -0.15) is 0 Å². The maximum atomic E-state index is 2.49. The van der Waals surface area contributed by atoms with Crippen molar-refractivity contribution in [1.82, 2.24) is 0 Å². The molecule has 0 heteroatoms. The van der Waals surface area contributed by atoms with Crippen LogP contribution in [0.15, 0.2) is 255 Å². The molecule has 0 aliphatic heterocycles. The van der Waals surface area contributed by atoms with Crippen LogP contribution in [0.3, 0.4) is 0 Å². The number of hydrogen-bond donors (Lipinski definition) is 0. The third kappa shape index (κ3) is 5.84. The Balaban J connectivity index is 1.01. The Morgan fingerprint density at radius 1 is 0.157 bits per heavy atom. The van der Waals surface area contributed by atoms with Gasteiger partial charge in [-0.3, -0.25) is 0 Å². The molecule has 0 N–H and O–H groups in total. The van der Waals surface area contributed by atoms with Crippen molar-refractivity contribution < 1.29 is 0 Å². The van der Waals surface area contributed by atoms with E-state index in [0.717, 1.165) is 0 Å². The highest BCUT2D eigenvalue weighted by molar-refractivity contribution is 6.27. The zero-order valence-electron chi connectivity index (χ0n) is 38.2. The molecule has 322 valence electrons. The fraction of sp³-hybridized carbons (Fsp3) is 0. The quantitative estimate of drug-likeness (QED) is 0.119. The van der Waals surface area contributed by atoms with E-state index < -0.39 is 0 Å². The van der Waals surface area contributed by atoms with Gasteiger partial charge in [0, 0.05) is 0 Å². The van der Waals surface area contributed by atoms with Crippen LogP contribution in [0, 0.1) is 0 Å². The van der Waals surface area contributed by atoms with Gasteiger partial charge >= 0.3 is 0 Å². The van der Waals surface area contributed by atoms with Crippen LogP contribution in [-0.2, 0) is 0 Å². The Kier molecular flexibility index (Phi) is 8.46. The van der Waals surface area contributed by atoms with Gasteiger partial charge in [-0.05, 0) is 183 Å². The first-order chi connectivity index (χ1) is 34.7. The summed E-state index contributed by atoms with van der Waals surface area (Å²) in [6.07, 6.45) is 0. The Labute approximate surface area is 405 Å². The molecule has 0 atom stereocenters. The SMILES string of the molecule is c1cc(-c2c3ccccc3c(-c3cccc(-c4cc5ccccc5c5ccccc45)c3)c3cc(-c4ccc5ccc6cccc7ccc4c5c67)ccc23)cc(-c2cc3ccccc3c3ccccc23)c1. The molecule has 0 amide bonds. The van der Waals surface area contributed by atoms with Crippen LogP contribution in [0.4, 0.5) is 0 Å². The van der Waals surface area contributed by atoms with Crippen LogP contribution in [0.2, 0.25) is 0 Å². The van der Waals surface area contributed by atoms with Gasteiger partial charge in [0.2, 0.25) is 0 Å². The molecule has 0 bridgehead atoms. The topological polar surface area (TPSA) is 0 Å². The summed E-state index contributed by atoms with van der Waals surface area (Å²) in [6, 6.07) is 95.5. The second kappa shape index (κ2) is 15.2. The predicted molar refractivity (Wildman–Crippen MR) is 302 cm³/mol. The first kappa shape index (κ1) is 38.9. The van der Waals surface area contributed by atoms with E-state index in [1.807, 2.05) is 0 Å². The molecule has 0 radical (unpaired) electrons. The van der Waals surface area contributed by atoms with Crippen molar-refractivity contribution >= 4 is 97.0 Å². The summed E-state index contributed by atoms with van der Waals surface area (Å²) in [5, 5.41) is 22.9. The van der Waals surface area contributed by atoms with Gasteiger partial charge in [-0.15, -0.1) is 0 Å². The molecule has 0 aliphatic rings. The van der Waals surface area contributed by atoms with E-state index in [-0.39, 0.29) is 0 Å². The van der Waals surface area contributed by atoms with Crippen molar-refractivity contribution in [3.8, 4) is 55.6 Å². The average Bonchev–Trinajstić information content (AvgIpc) is 3.43. The van der Waals surface area contributed by atoms with E-state index in [0.29, 0.717) is 0 Å². The number of benzene rings is 15. The molecule has 0 unspecified atom stereocenters. The lowest BCUT2D eigenvalue weighted by molar-refractivity contribution is 1.63. The molecule has 15 rings (SSSR count). The lowest BCUT2D eigenvalue weighted by Gasteiger charge is -2.20. The lowest BCUT2D eigenvalue weighted by Crippen LogP contribution is -1.93. The fourth-order valence-electron chi connectivity index (χ4n) is 12.2. The van der Waals surface area contributed by atoms with Crippen molar-refractivity contribution in [2.75, 3.05) is 0 Å². The number of fused-ring (bicyclic) bond motifs is 8. The van der Waals surface area contributed by atoms with Crippen molar-refractivity contribution in [2.45, 2.75) is 0 Å². The summed E-state index contributed by atoms with van der Waals surface area (Å²) >= 11 is 0. The van der Waals surface area contributed by atoms with Gasteiger partial charge in [0.25, 0.3) is 0 Å². The van der Waals surface area contributed by atoms with Gasteiger partial charge < -0.3 is 0 Å². The largest absolute Gasteiger partial charge is 0.0616 e. The van der Waals surface area contributed by atoms with E-state index in [9.17, 15) is 0 Å². The summed E-state index contributed by atoms with van der Waals surface area (Å²) in [5.41, 5.74) is 12.3. The van der Waals surface area contributed by atoms with Crippen molar-refractivity contribution in [1.29, 1.82) is 0 Å². The first-order valence-electron chi connectivity index (χ1n) is 24.4. The Morgan fingerprint density at radius 2 is 0.543 bits per heavy atom. The zero-order chi connectivity index (χ0) is 45.9. The van der Waals surface area contributed by atoms with Crippen LogP contribution >= 0.6 is 0 Å². The van der Waals surface area contributed by atoms with Crippen LogP contribution in [0.1, 0.15) is 0 Å². The molecule has 0 aliphatic carbocycles. The molecular weight excluding hydrogens is 841 g/mol. The van der Waals surface area contributed by atoms with Crippen molar-refractivity contribution in [3.05, 3.63) is 255 Å². The van der Waals surface area contributed by atoms with E-state index in [2.05, 4.69) is 255 Å². The highest BCUT2D eigenvalue weighted by atomic mass is 14.2. The molecule has 0 fully saturated rings.